The Morgan fingerprint density at radius 2 is 1.86 bits per heavy atom. The fourth-order valence-electron chi connectivity index (χ4n) is 4.31. The molecule has 3 rings (SSSR count). The maximum absolute atomic E-state index is 11.5. The smallest absolute Gasteiger partial charge is 0.234 e. The molecule has 1 aromatic carbocycles. The van der Waals surface area contributed by atoms with E-state index in [2.05, 4.69) is 27.3 Å². The number of nitrogens with one attached hydrogen (secondary N) is 1. The number of hydrogen-bond acceptors (Lipinski definition) is 5. The summed E-state index contributed by atoms with van der Waals surface area (Å²) in [5.41, 5.74) is 1.87. The molecule has 148 valence electrons. The number of amides is 1. The molecule has 0 spiro atoms. The largest absolute Gasteiger partial charge is 0.369 e. The number of benzene rings is 1. The van der Waals surface area contributed by atoms with Crippen molar-refractivity contribution in [3.8, 4) is 12.1 Å². The second-order valence-corrected chi connectivity index (χ2v) is 7.90. The third-order valence-corrected chi connectivity index (χ3v) is 6.02. The number of nitrogens with zero attached hydrogens (tertiary/aromatic N) is 4. The minimum atomic E-state index is -0.135. The zero-order valence-corrected chi connectivity index (χ0v) is 16.4. The first kappa shape index (κ1) is 20.2. The van der Waals surface area contributed by atoms with Crippen molar-refractivity contribution in [2.75, 3.05) is 37.6 Å². The van der Waals surface area contributed by atoms with E-state index in [1.54, 1.807) is 0 Å². The van der Waals surface area contributed by atoms with Crippen LogP contribution in [0, 0.1) is 28.6 Å². The highest BCUT2D eigenvalue weighted by Crippen LogP contribution is 2.27. The van der Waals surface area contributed by atoms with Crippen LogP contribution in [0.2, 0.25) is 0 Å². The average molecular weight is 380 g/mol. The number of carbonyl (C=O) groups excluding carboxylic acids is 1. The summed E-state index contributed by atoms with van der Waals surface area (Å²) in [5.74, 6) is 0.610. The fourth-order valence-corrected chi connectivity index (χ4v) is 4.31. The van der Waals surface area contributed by atoms with E-state index in [4.69, 9.17) is 10.5 Å². The van der Waals surface area contributed by atoms with Crippen LogP contribution in [0.4, 0.5) is 5.69 Å². The van der Waals surface area contributed by atoms with Gasteiger partial charge in [0.05, 0.1) is 17.7 Å². The Balaban J connectivity index is 1.34. The summed E-state index contributed by atoms with van der Waals surface area (Å²) in [6, 6.07) is 12.2. The molecule has 0 unspecified atom stereocenters. The van der Waals surface area contributed by atoms with Gasteiger partial charge < -0.3 is 10.2 Å². The topological polar surface area (TPSA) is 83.2 Å². The normalized spacial score (nSPS) is 22.9. The molecule has 1 N–H and O–H groups in total. The van der Waals surface area contributed by atoms with Crippen molar-refractivity contribution in [3.05, 3.63) is 29.8 Å². The van der Waals surface area contributed by atoms with Gasteiger partial charge in [0.1, 0.15) is 6.42 Å². The Morgan fingerprint density at radius 3 is 2.54 bits per heavy atom. The molecular weight excluding hydrogens is 350 g/mol. The third-order valence-electron chi connectivity index (χ3n) is 6.02. The van der Waals surface area contributed by atoms with Crippen molar-refractivity contribution in [1.82, 2.24) is 10.2 Å². The number of piperazine rings is 1. The molecule has 0 bridgehead atoms. The molecule has 0 aromatic heterocycles. The lowest BCUT2D eigenvalue weighted by atomic mass is 9.84. The molecule has 0 atom stereocenters. The average Bonchev–Trinajstić information content (AvgIpc) is 2.74. The zero-order chi connectivity index (χ0) is 19.8. The molecule has 2 aliphatic rings. The summed E-state index contributed by atoms with van der Waals surface area (Å²) < 4.78 is 0. The number of nitriles is 2. The standard InChI is InChI=1S/C22H29N5O/c23-10-8-22(28)25-20-6-4-18(5-7-20)9-11-26-12-14-27(15-13-26)21-3-1-2-19(16-21)17-24/h1-3,16,18,20H,4-9,11-15H2,(H,25,28)/t18-,20-. The molecule has 1 saturated carbocycles. The predicted molar refractivity (Wildman–Crippen MR) is 109 cm³/mol. The number of hydrogen-bond donors (Lipinski definition) is 1. The van der Waals surface area contributed by atoms with Gasteiger partial charge in [-0.1, -0.05) is 6.07 Å². The van der Waals surface area contributed by atoms with Crippen LogP contribution in [0.3, 0.4) is 0 Å². The molecule has 1 heterocycles. The highest BCUT2D eigenvalue weighted by atomic mass is 16.1. The van der Waals surface area contributed by atoms with Gasteiger partial charge in [0.25, 0.3) is 0 Å². The van der Waals surface area contributed by atoms with Crippen molar-refractivity contribution in [2.45, 2.75) is 44.6 Å². The van der Waals surface area contributed by atoms with Gasteiger partial charge in [-0.2, -0.15) is 10.5 Å². The molecule has 1 aliphatic heterocycles. The van der Waals surface area contributed by atoms with Crippen LogP contribution >= 0.6 is 0 Å². The van der Waals surface area contributed by atoms with E-state index in [1.165, 1.54) is 19.3 Å². The first-order valence-electron chi connectivity index (χ1n) is 10.3. The summed E-state index contributed by atoms with van der Waals surface area (Å²) in [6.07, 6.45) is 5.59. The maximum atomic E-state index is 11.5. The van der Waals surface area contributed by atoms with Gasteiger partial charge in [-0.05, 0) is 62.8 Å². The summed E-state index contributed by atoms with van der Waals surface area (Å²) in [4.78, 5) is 16.4. The predicted octanol–water partition coefficient (Wildman–Crippen LogP) is 2.66. The monoisotopic (exact) mass is 379 g/mol. The Hall–Kier alpha value is -2.57. The van der Waals surface area contributed by atoms with Gasteiger partial charge in [-0.3, -0.25) is 9.69 Å². The summed E-state index contributed by atoms with van der Waals surface area (Å²) >= 11 is 0. The molecule has 28 heavy (non-hydrogen) atoms. The molecule has 1 amide bonds. The Bertz CT molecular complexity index is 734. The lowest BCUT2D eigenvalue weighted by molar-refractivity contribution is -0.121. The third kappa shape index (κ3) is 5.71. The molecule has 2 fully saturated rings. The maximum Gasteiger partial charge on any atom is 0.234 e. The fraction of sp³-hybridized carbons (Fsp3) is 0.591. The molecule has 1 saturated heterocycles. The summed E-state index contributed by atoms with van der Waals surface area (Å²) in [7, 11) is 0. The number of carbonyl (C=O) groups is 1. The first-order valence-corrected chi connectivity index (χ1v) is 10.3. The molecule has 1 aliphatic carbocycles. The van der Waals surface area contributed by atoms with Crippen LogP contribution in [0.1, 0.15) is 44.1 Å². The van der Waals surface area contributed by atoms with E-state index in [1.807, 2.05) is 24.3 Å². The van der Waals surface area contributed by atoms with Crippen molar-refractivity contribution < 1.29 is 4.79 Å². The number of anilines is 1. The van der Waals surface area contributed by atoms with Gasteiger partial charge in [0.15, 0.2) is 0 Å². The van der Waals surface area contributed by atoms with Gasteiger partial charge in [-0.25, -0.2) is 0 Å². The molecule has 1 aromatic rings. The van der Waals surface area contributed by atoms with Crippen LogP contribution in [0.15, 0.2) is 24.3 Å². The van der Waals surface area contributed by atoms with Crippen LogP contribution in [-0.4, -0.2) is 49.6 Å². The van der Waals surface area contributed by atoms with Crippen LogP contribution < -0.4 is 10.2 Å². The van der Waals surface area contributed by atoms with Crippen LogP contribution in [-0.2, 0) is 4.79 Å². The van der Waals surface area contributed by atoms with Gasteiger partial charge in [0.2, 0.25) is 5.91 Å². The van der Waals surface area contributed by atoms with E-state index in [0.29, 0.717) is 0 Å². The van der Waals surface area contributed by atoms with Crippen molar-refractivity contribution in [1.29, 1.82) is 10.5 Å². The summed E-state index contributed by atoms with van der Waals surface area (Å²) in [5, 5.41) is 20.6. The lowest BCUT2D eigenvalue weighted by Gasteiger charge is -2.37. The second kappa shape index (κ2) is 10.1. The Morgan fingerprint density at radius 1 is 1.11 bits per heavy atom. The van der Waals surface area contributed by atoms with Gasteiger partial charge >= 0.3 is 0 Å². The molecule has 0 radical (unpaired) electrons. The minimum absolute atomic E-state index is 0.0350. The highest BCUT2D eigenvalue weighted by Gasteiger charge is 2.24. The van der Waals surface area contributed by atoms with E-state index in [0.717, 1.165) is 62.7 Å². The zero-order valence-electron chi connectivity index (χ0n) is 16.4. The second-order valence-electron chi connectivity index (χ2n) is 7.90. The van der Waals surface area contributed by atoms with Crippen molar-refractivity contribution in [2.24, 2.45) is 5.92 Å². The number of rotatable bonds is 6. The molecule has 6 heteroatoms. The van der Waals surface area contributed by atoms with Gasteiger partial charge in [-0.15, -0.1) is 0 Å². The van der Waals surface area contributed by atoms with Crippen molar-refractivity contribution in [3.63, 3.8) is 0 Å². The lowest BCUT2D eigenvalue weighted by Crippen LogP contribution is -2.47. The van der Waals surface area contributed by atoms with Gasteiger partial charge in [0, 0.05) is 37.9 Å². The van der Waals surface area contributed by atoms with E-state index in [-0.39, 0.29) is 18.4 Å². The highest BCUT2D eigenvalue weighted by molar-refractivity contribution is 5.78. The molecular formula is C22H29N5O. The van der Waals surface area contributed by atoms with Crippen molar-refractivity contribution >= 4 is 11.6 Å². The minimum Gasteiger partial charge on any atom is -0.369 e. The SMILES string of the molecule is N#CCC(=O)N[C@H]1CC[C@H](CCN2CCN(c3cccc(C#N)c3)CC2)CC1. The van der Waals surface area contributed by atoms with Crippen LogP contribution in [0.25, 0.3) is 0 Å². The molecule has 6 nitrogen and oxygen atoms in total. The quantitative estimate of drug-likeness (QED) is 0.821. The van der Waals surface area contributed by atoms with E-state index in [9.17, 15) is 4.79 Å². The Kier molecular flexibility index (Phi) is 7.28. The van der Waals surface area contributed by atoms with Crippen LogP contribution in [0.5, 0.6) is 0 Å². The van der Waals surface area contributed by atoms with E-state index >= 15 is 0 Å². The Labute approximate surface area is 167 Å². The first-order chi connectivity index (χ1) is 13.7. The summed E-state index contributed by atoms with van der Waals surface area (Å²) in [6.45, 7) is 5.29. The van der Waals surface area contributed by atoms with E-state index < -0.39 is 0 Å².